The first-order valence-corrected chi connectivity index (χ1v) is 4.13. The molecule has 1 aliphatic carbocycles. The Morgan fingerprint density at radius 2 is 2.33 bits per heavy atom. The molecule has 0 radical (unpaired) electrons. The monoisotopic (exact) mass is 165 g/mol. The molecule has 0 atom stereocenters. The zero-order valence-corrected chi connectivity index (χ0v) is 7.00. The molecular weight excluding hydrogens is 154 g/mol. The smallest absolute Gasteiger partial charge is 0.214 e. The van der Waals surface area contributed by atoms with Crippen molar-refractivity contribution in [1.29, 1.82) is 0 Å². The van der Waals surface area contributed by atoms with Crippen LogP contribution in [0.1, 0.15) is 42.6 Å². The van der Waals surface area contributed by atoms with Crippen LogP contribution < -0.4 is 0 Å². The summed E-state index contributed by atoms with van der Waals surface area (Å²) in [6.07, 6.45) is 4.19. The van der Waals surface area contributed by atoms with E-state index in [-0.39, 0.29) is 11.2 Å². The number of aromatic nitrogens is 3. The number of nitrogens with one attached hydrogen (secondary N) is 1. The molecule has 1 fully saturated rings. The summed E-state index contributed by atoms with van der Waals surface area (Å²) in [5.74, 6) is 1.12. The zero-order chi connectivity index (χ0) is 8.60. The number of aromatic amines is 1. The molecule has 4 heteroatoms. The van der Waals surface area contributed by atoms with Crippen LogP contribution in [0.15, 0.2) is 0 Å². The average molecular weight is 165 g/mol. The van der Waals surface area contributed by atoms with Gasteiger partial charge in [-0.2, -0.15) is 5.10 Å². The molecule has 2 rings (SSSR count). The summed E-state index contributed by atoms with van der Waals surface area (Å²) >= 11 is 0. The fourth-order valence-electron chi connectivity index (χ4n) is 1.54. The maximum absolute atomic E-state index is 10.3. The number of carbonyl (C=O) groups excluding carboxylic acids is 1. The fraction of sp³-hybridized carbons (Fsp3) is 0.625. The molecule has 1 aromatic heterocycles. The Bertz CT molecular complexity index is 301. The van der Waals surface area contributed by atoms with Gasteiger partial charge in [0.15, 0.2) is 6.29 Å². The Kier molecular flexibility index (Phi) is 1.49. The predicted molar refractivity (Wildman–Crippen MR) is 43.0 cm³/mol. The van der Waals surface area contributed by atoms with Crippen LogP contribution in [0.2, 0.25) is 0 Å². The van der Waals surface area contributed by atoms with Gasteiger partial charge in [-0.15, -0.1) is 0 Å². The van der Waals surface area contributed by atoms with Crippen molar-refractivity contribution in [2.24, 2.45) is 0 Å². The van der Waals surface area contributed by atoms with E-state index in [4.69, 9.17) is 0 Å². The second-order valence-corrected chi connectivity index (χ2v) is 3.57. The zero-order valence-electron chi connectivity index (χ0n) is 7.00. The van der Waals surface area contributed by atoms with E-state index in [1.54, 1.807) is 0 Å². The van der Waals surface area contributed by atoms with Crippen LogP contribution in [0.5, 0.6) is 0 Å². The molecule has 1 aliphatic rings. The maximum atomic E-state index is 10.3. The first-order chi connectivity index (χ1) is 5.74. The third-order valence-corrected chi connectivity index (χ3v) is 2.64. The third-order valence-electron chi connectivity index (χ3n) is 2.64. The van der Waals surface area contributed by atoms with Crippen molar-refractivity contribution in [3.05, 3.63) is 11.6 Å². The molecule has 4 nitrogen and oxygen atoms in total. The highest BCUT2D eigenvalue weighted by Crippen LogP contribution is 2.41. The highest BCUT2D eigenvalue weighted by atomic mass is 16.1. The molecule has 1 N–H and O–H groups in total. The maximum Gasteiger partial charge on any atom is 0.214 e. The summed E-state index contributed by atoms with van der Waals surface area (Å²) < 4.78 is 0. The minimum atomic E-state index is 0.147. The molecule has 0 unspecified atom stereocenters. The van der Waals surface area contributed by atoms with Gasteiger partial charge in [-0.05, 0) is 12.8 Å². The number of hydrogen-bond acceptors (Lipinski definition) is 3. The molecule has 1 aromatic rings. The first-order valence-electron chi connectivity index (χ1n) is 4.13. The number of nitrogens with zero attached hydrogens (tertiary/aromatic N) is 2. The van der Waals surface area contributed by atoms with Gasteiger partial charge in [0.2, 0.25) is 5.82 Å². The van der Waals surface area contributed by atoms with Crippen molar-refractivity contribution in [2.75, 3.05) is 0 Å². The Morgan fingerprint density at radius 3 is 2.75 bits per heavy atom. The van der Waals surface area contributed by atoms with E-state index >= 15 is 0 Å². The number of aldehydes is 1. The standard InChI is InChI=1S/C8H11N3O/c1-8(3-2-4-8)7-9-6(5-12)10-11-7/h5H,2-4H2,1H3,(H,9,10,11). The Hall–Kier alpha value is -1.19. The van der Waals surface area contributed by atoms with E-state index in [0.29, 0.717) is 6.29 Å². The Balaban J connectivity index is 2.27. The van der Waals surface area contributed by atoms with Gasteiger partial charge in [0, 0.05) is 5.41 Å². The lowest BCUT2D eigenvalue weighted by molar-refractivity contribution is 0.111. The molecule has 1 saturated carbocycles. The first kappa shape index (κ1) is 7.46. The van der Waals surface area contributed by atoms with Gasteiger partial charge in [-0.25, -0.2) is 4.98 Å². The van der Waals surface area contributed by atoms with Crippen LogP contribution in [0.4, 0.5) is 0 Å². The third kappa shape index (κ3) is 0.948. The van der Waals surface area contributed by atoms with Crippen LogP contribution in [0.25, 0.3) is 0 Å². The second kappa shape index (κ2) is 2.40. The van der Waals surface area contributed by atoms with Gasteiger partial charge in [-0.1, -0.05) is 13.3 Å². The molecule has 0 saturated heterocycles. The van der Waals surface area contributed by atoms with Crippen LogP contribution >= 0.6 is 0 Å². The summed E-state index contributed by atoms with van der Waals surface area (Å²) in [5.41, 5.74) is 0.147. The van der Waals surface area contributed by atoms with E-state index in [2.05, 4.69) is 22.1 Å². The van der Waals surface area contributed by atoms with Gasteiger partial charge < -0.3 is 0 Å². The molecule has 0 aromatic carbocycles. The molecule has 0 aliphatic heterocycles. The van der Waals surface area contributed by atoms with Crippen LogP contribution in [-0.4, -0.2) is 21.5 Å². The molecule has 64 valence electrons. The molecule has 0 bridgehead atoms. The summed E-state index contributed by atoms with van der Waals surface area (Å²) in [5, 5.41) is 6.59. The molecule has 1 heterocycles. The highest BCUT2D eigenvalue weighted by Gasteiger charge is 2.36. The predicted octanol–water partition coefficient (Wildman–Crippen LogP) is 1.06. The fourth-order valence-corrected chi connectivity index (χ4v) is 1.54. The molecule has 0 amide bonds. The minimum absolute atomic E-state index is 0.147. The number of rotatable bonds is 2. The average Bonchev–Trinajstić information content (AvgIpc) is 2.48. The topological polar surface area (TPSA) is 58.6 Å². The summed E-state index contributed by atoms with van der Waals surface area (Å²) in [7, 11) is 0. The van der Waals surface area contributed by atoms with Gasteiger partial charge in [0.05, 0.1) is 0 Å². The Labute approximate surface area is 70.4 Å². The van der Waals surface area contributed by atoms with Gasteiger partial charge in [0.1, 0.15) is 5.82 Å². The lowest BCUT2D eigenvalue weighted by Crippen LogP contribution is -2.31. The SMILES string of the molecule is CC1(c2nc(C=O)n[nH]2)CCC1. The van der Waals surface area contributed by atoms with E-state index in [9.17, 15) is 4.79 Å². The number of hydrogen-bond donors (Lipinski definition) is 1. The highest BCUT2D eigenvalue weighted by molar-refractivity contribution is 5.68. The van der Waals surface area contributed by atoms with Crippen molar-refractivity contribution in [3.63, 3.8) is 0 Å². The molecular formula is C8H11N3O. The quantitative estimate of drug-likeness (QED) is 0.666. The van der Waals surface area contributed by atoms with Crippen LogP contribution in [-0.2, 0) is 5.41 Å². The van der Waals surface area contributed by atoms with Crippen molar-refractivity contribution in [3.8, 4) is 0 Å². The van der Waals surface area contributed by atoms with Crippen molar-refractivity contribution < 1.29 is 4.79 Å². The summed E-state index contributed by atoms with van der Waals surface area (Å²) in [6, 6.07) is 0. The number of carbonyl (C=O) groups is 1. The van der Waals surface area contributed by atoms with E-state index in [0.717, 1.165) is 18.7 Å². The van der Waals surface area contributed by atoms with Gasteiger partial charge >= 0.3 is 0 Å². The van der Waals surface area contributed by atoms with Crippen LogP contribution in [0.3, 0.4) is 0 Å². The molecule has 12 heavy (non-hydrogen) atoms. The summed E-state index contributed by atoms with van der Waals surface area (Å²) in [4.78, 5) is 14.4. The largest absolute Gasteiger partial charge is 0.294 e. The van der Waals surface area contributed by atoms with Crippen molar-refractivity contribution in [1.82, 2.24) is 15.2 Å². The van der Waals surface area contributed by atoms with Gasteiger partial charge in [-0.3, -0.25) is 9.89 Å². The second-order valence-electron chi connectivity index (χ2n) is 3.57. The summed E-state index contributed by atoms with van der Waals surface area (Å²) in [6.45, 7) is 2.14. The normalized spacial score (nSPS) is 20.1. The lowest BCUT2D eigenvalue weighted by atomic mass is 9.70. The van der Waals surface area contributed by atoms with Crippen molar-refractivity contribution >= 4 is 6.29 Å². The van der Waals surface area contributed by atoms with E-state index < -0.39 is 0 Å². The van der Waals surface area contributed by atoms with Crippen LogP contribution in [0, 0.1) is 0 Å². The number of H-pyrrole nitrogens is 1. The lowest BCUT2D eigenvalue weighted by Gasteiger charge is -2.35. The van der Waals surface area contributed by atoms with Crippen molar-refractivity contribution in [2.45, 2.75) is 31.6 Å². The van der Waals surface area contributed by atoms with E-state index in [1.165, 1.54) is 6.42 Å². The minimum Gasteiger partial charge on any atom is -0.294 e. The van der Waals surface area contributed by atoms with E-state index in [1.807, 2.05) is 0 Å². The molecule has 0 spiro atoms. The van der Waals surface area contributed by atoms with Gasteiger partial charge in [0.25, 0.3) is 0 Å². The Morgan fingerprint density at radius 1 is 1.58 bits per heavy atom.